The van der Waals surface area contributed by atoms with Crippen LogP contribution >= 0.6 is 0 Å². The average Bonchev–Trinajstić information content (AvgIpc) is 2.94. The van der Waals surface area contributed by atoms with Gasteiger partial charge in [0.1, 0.15) is 6.07 Å². The summed E-state index contributed by atoms with van der Waals surface area (Å²) in [4.78, 5) is 22.7. The molecule has 0 radical (unpaired) electrons. The predicted molar refractivity (Wildman–Crippen MR) is 96.3 cm³/mol. The average molecular weight is 347 g/mol. The number of carbonyl (C=O) groups excluding carboxylic acids is 1. The number of aryl methyl sites for hydroxylation is 1. The highest BCUT2D eigenvalue weighted by molar-refractivity contribution is 5.78. The van der Waals surface area contributed by atoms with Crippen LogP contribution in [0.25, 0.3) is 0 Å². The summed E-state index contributed by atoms with van der Waals surface area (Å²) >= 11 is 0. The first-order valence-corrected chi connectivity index (χ1v) is 8.74. The highest BCUT2D eigenvalue weighted by atomic mass is 16.4. The van der Waals surface area contributed by atoms with Gasteiger partial charge in [-0.15, -0.1) is 0 Å². The van der Waals surface area contributed by atoms with Crippen LogP contribution in [0.4, 0.5) is 5.88 Å². The first-order valence-electron chi connectivity index (χ1n) is 8.74. The number of nitriles is 1. The lowest BCUT2D eigenvalue weighted by Gasteiger charge is -2.38. The molecule has 1 amide bonds. The molecule has 2 rings (SSSR count). The minimum Gasteiger partial charge on any atom is -0.424 e. The van der Waals surface area contributed by atoms with Gasteiger partial charge in [-0.1, -0.05) is 20.8 Å². The Hall–Kier alpha value is -2.07. The first kappa shape index (κ1) is 19.3. The molecule has 1 aromatic heterocycles. The molecule has 0 bridgehead atoms. The van der Waals surface area contributed by atoms with Crippen molar-refractivity contribution in [3.63, 3.8) is 0 Å². The van der Waals surface area contributed by atoms with Crippen LogP contribution in [-0.4, -0.2) is 66.5 Å². The third-order valence-corrected chi connectivity index (χ3v) is 5.04. The van der Waals surface area contributed by atoms with Crippen LogP contribution in [0.2, 0.25) is 0 Å². The normalized spacial score (nSPS) is 16.9. The molecule has 0 spiro atoms. The molecule has 0 unspecified atom stereocenters. The minimum atomic E-state index is 0.131. The Morgan fingerprint density at radius 3 is 2.48 bits per heavy atom. The number of hydrogen-bond acceptors (Lipinski definition) is 6. The van der Waals surface area contributed by atoms with Crippen molar-refractivity contribution in [1.82, 2.24) is 14.8 Å². The fourth-order valence-corrected chi connectivity index (χ4v) is 2.97. The molecule has 1 aliphatic rings. The molecule has 1 saturated heterocycles. The van der Waals surface area contributed by atoms with Gasteiger partial charge in [-0.25, -0.2) is 4.98 Å². The largest absolute Gasteiger partial charge is 0.424 e. The molecule has 1 atom stereocenters. The molecule has 0 aromatic carbocycles. The van der Waals surface area contributed by atoms with Gasteiger partial charge in [-0.2, -0.15) is 5.26 Å². The van der Waals surface area contributed by atoms with Crippen molar-refractivity contribution in [3.8, 4) is 6.07 Å². The molecule has 1 aromatic rings. The Bertz CT molecular complexity index is 647. The topological polar surface area (TPSA) is 76.6 Å². The number of hydrogen-bond donors (Lipinski definition) is 0. The van der Waals surface area contributed by atoms with Crippen molar-refractivity contribution in [1.29, 1.82) is 5.26 Å². The third-order valence-electron chi connectivity index (χ3n) is 5.04. The number of oxazole rings is 1. The van der Waals surface area contributed by atoms with E-state index in [0.717, 1.165) is 0 Å². The lowest BCUT2D eigenvalue weighted by Crippen LogP contribution is -2.52. The zero-order chi connectivity index (χ0) is 18.8. The smallest absolute Gasteiger partial charge is 0.236 e. The molecule has 138 valence electrons. The summed E-state index contributed by atoms with van der Waals surface area (Å²) in [6.07, 6.45) is 0. The molecule has 7 nitrogen and oxygen atoms in total. The van der Waals surface area contributed by atoms with Crippen molar-refractivity contribution in [2.75, 3.05) is 44.7 Å². The van der Waals surface area contributed by atoms with E-state index in [9.17, 15) is 4.79 Å². The van der Waals surface area contributed by atoms with Gasteiger partial charge in [0.25, 0.3) is 0 Å². The second-order valence-corrected chi connectivity index (χ2v) is 7.82. The standard InChI is InChI=1S/C18H29N5O2/c1-13(18(3,4)5)21(6)12-16(24)22-7-9-23(10-8-22)17-15(11-19)20-14(2)25-17/h13H,7-10,12H2,1-6H3/t13-/m0/s1. The van der Waals surface area contributed by atoms with Crippen molar-refractivity contribution in [3.05, 3.63) is 11.6 Å². The second kappa shape index (κ2) is 7.44. The van der Waals surface area contributed by atoms with Crippen molar-refractivity contribution < 1.29 is 9.21 Å². The molecule has 7 heteroatoms. The summed E-state index contributed by atoms with van der Waals surface area (Å²) in [6, 6.07) is 2.38. The number of rotatable bonds is 4. The summed E-state index contributed by atoms with van der Waals surface area (Å²) in [6.45, 7) is 13.4. The van der Waals surface area contributed by atoms with Gasteiger partial charge in [0.2, 0.25) is 17.5 Å². The fraction of sp³-hybridized carbons (Fsp3) is 0.722. The van der Waals surface area contributed by atoms with Crippen molar-refractivity contribution in [2.24, 2.45) is 5.41 Å². The Morgan fingerprint density at radius 2 is 1.96 bits per heavy atom. The fourth-order valence-electron chi connectivity index (χ4n) is 2.97. The molecule has 0 aliphatic carbocycles. The monoisotopic (exact) mass is 347 g/mol. The molecule has 25 heavy (non-hydrogen) atoms. The van der Waals surface area contributed by atoms with E-state index in [1.165, 1.54) is 0 Å². The Labute approximate surface area is 150 Å². The number of piperazine rings is 1. The maximum atomic E-state index is 12.6. The maximum Gasteiger partial charge on any atom is 0.236 e. The van der Waals surface area contributed by atoms with E-state index < -0.39 is 0 Å². The Morgan fingerprint density at radius 1 is 1.36 bits per heavy atom. The van der Waals surface area contributed by atoms with E-state index in [0.29, 0.717) is 56.2 Å². The lowest BCUT2D eigenvalue weighted by molar-refractivity contribution is -0.133. The number of aromatic nitrogens is 1. The zero-order valence-corrected chi connectivity index (χ0v) is 16.2. The maximum absolute atomic E-state index is 12.6. The van der Waals surface area contributed by atoms with E-state index in [1.54, 1.807) is 6.92 Å². The molecule has 1 aliphatic heterocycles. The van der Waals surface area contributed by atoms with Gasteiger partial charge in [0, 0.05) is 39.1 Å². The van der Waals surface area contributed by atoms with E-state index in [1.807, 2.05) is 16.8 Å². The van der Waals surface area contributed by atoms with E-state index in [2.05, 4.69) is 43.6 Å². The summed E-state index contributed by atoms with van der Waals surface area (Å²) < 4.78 is 5.55. The van der Waals surface area contributed by atoms with Crippen LogP contribution in [0.15, 0.2) is 4.42 Å². The molecule has 1 fully saturated rings. The number of likely N-dealkylation sites (N-methyl/N-ethyl adjacent to an activating group) is 1. The highest BCUT2D eigenvalue weighted by Gasteiger charge is 2.29. The summed E-state index contributed by atoms with van der Waals surface area (Å²) in [7, 11) is 2.00. The van der Waals surface area contributed by atoms with Gasteiger partial charge in [0.15, 0.2) is 5.89 Å². The lowest BCUT2D eigenvalue weighted by atomic mass is 9.87. The van der Waals surface area contributed by atoms with Crippen LogP contribution < -0.4 is 4.90 Å². The highest BCUT2D eigenvalue weighted by Crippen LogP contribution is 2.24. The SMILES string of the molecule is Cc1nc(C#N)c(N2CCN(C(=O)CN(C)[C@@H](C)C(C)(C)C)CC2)o1. The first-order chi connectivity index (χ1) is 11.6. The quantitative estimate of drug-likeness (QED) is 0.827. The van der Waals surface area contributed by atoms with E-state index in [4.69, 9.17) is 9.68 Å². The van der Waals surface area contributed by atoms with Crippen LogP contribution in [0.1, 0.15) is 39.3 Å². The van der Waals surface area contributed by atoms with Crippen molar-refractivity contribution in [2.45, 2.75) is 40.7 Å². The third kappa shape index (κ3) is 4.51. The number of nitrogens with zero attached hydrogens (tertiary/aromatic N) is 5. The second-order valence-electron chi connectivity index (χ2n) is 7.82. The number of carbonyl (C=O) groups is 1. The predicted octanol–water partition coefficient (Wildman–Crippen LogP) is 1.87. The van der Waals surface area contributed by atoms with Crippen LogP contribution in [0.5, 0.6) is 0 Å². The van der Waals surface area contributed by atoms with Gasteiger partial charge in [-0.3, -0.25) is 9.69 Å². The van der Waals surface area contributed by atoms with E-state index >= 15 is 0 Å². The molecular weight excluding hydrogens is 318 g/mol. The van der Waals surface area contributed by atoms with Crippen LogP contribution in [0.3, 0.4) is 0 Å². The summed E-state index contributed by atoms with van der Waals surface area (Å²) in [5, 5.41) is 9.15. The summed E-state index contributed by atoms with van der Waals surface area (Å²) in [5.74, 6) is 1.15. The zero-order valence-electron chi connectivity index (χ0n) is 16.2. The van der Waals surface area contributed by atoms with E-state index in [-0.39, 0.29) is 11.3 Å². The number of anilines is 1. The number of amides is 1. The Balaban J connectivity index is 1.91. The van der Waals surface area contributed by atoms with Gasteiger partial charge >= 0.3 is 0 Å². The van der Waals surface area contributed by atoms with Gasteiger partial charge in [0.05, 0.1) is 6.54 Å². The van der Waals surface area contributed by atoms with Crippen molar-refractivity contribution >= 4 is 11.8 Å². The Kier molecular flexibility index (Phi) is 5.73. The van der Waals surface area contributed by atoms with Gasteiger partial charge in [-0.05, 0) is 19.4 Å². The minimum absolute atomic E-state index is 0.131. The molecular formula is C18H29N5O2. The van der Waals surface area contributed by atoms with Crippen LogP contribution in [0, 0.1) is 23.7 Å². The summed E-state index contributed by atoms with van der Waals surface area (Å²) in [5.41, 5.74) is 0.446. The van der Waals surface area contributed by atoms with Gasteiger partial charge < -0.3 is 14.2 Å². The molecule has 2 heterocycles. The molecule has 0 saturated carbocycles. The van der Waals surface area contributed by atoms with Crippen LogP contribution in [-0.2, 0) is 4.79 Å². The molecule has 0 N–H and O–H groups in total.